The average Bonchev–Trinajstić information content (AvgIpc) is 3.20. The first kappa shape index (κ1) is 17.7. The van der Waals surface area contributed by atoms with Gasteiger partial charge < -0.3 is 0 Å². The largest absolute Gasteiger partial charge is 0.228 e. The van der Waals surface area contributed by atoms with Crippen molar-refractivity contribution in [2.75, 3.05) is 6.26 Å². The summed E-state index contributed by atoms with van der Waals surface area (Å²) in [6.45, 7) is 0. The highest BCUT2D eigenvalue weighted by Crippen LogP contribution is 2.37. The lowest BCUT2D eigenvalue weighted by Gasteiger charge is -2.08. The Hall–Kier alpha value is -3.37. The molecule has 0 amide bonds. The molecule has 3 nitrogen and oxygen atoms in total. The summed E-state index contributed by atoms with van der Waals surface area (Å²) in [7, 11) is 0. The summed E-state index contributed by atoms with van der Waals surface area (Å²) in [4.78, 5) is 6.24. The topological polar surface area (TPSA) is 30.7 Å². The second-order valence-electron chi connectivity index (χ2n) is 6.74. The molecule has 0 spiro atoms. The van der Waals surface area contributed by atoms with Crippen LogP contribution in [0.5, 0.6) is 0 Å². The van der Waals surface area contributed by atoms with Crippen molar-refractivity contribution in [2.24, 2.45) is 0 Å². The quantitative estimate of drug-likeness (QED) is 0.328. The Balaban J connectivity index is 1.86. The molecule has 0 radical (unpaired) electrons. The maximum absolute atomic E-state index is 5.06. The van der Waals surface area contributed by atoms with Gasteiger partial charge in [0.2, 0.25) is 0 Å². The maximum atomic E-state index is 5.06. The number of hydrogen-bond donors (Lipinski definition) is 0. The molecule has 0 aliphatic carbocycles. The van der Waals surface area contributed by atoms with E-state index in [0.717, 1.165) is 39.2 Å². The second-order valence-corrected chi connectivity index (χ2v) is 7.58. The lowest BCUT2D eigenvalue weighted by Crippen LogP contribution is -1.98. The molecule has 2 aromatic heterocycles. The summed E-state index contributed by atoms with van der Waals surface area (Å²) in [6.07, 6.45) is 2.11. The monoisotopic (exact) mass is 393 g/mol. The zero-order valence-corrected chi connectivity index (χ0v) is 16.8. The van der Waals surface area contributed by atoms with E-state index in [9.17, 15) is 0 Å². The van der Waals surface area contributed by atoms with Gasteiger partial charge in [0.1, 0.15) is 5.69 Å². The van der Waals surface area contributed by atoms with E-state index in [1.54, 1.807) is 11.8 Å². The van der Waals surface area contributed by atoms with Crippen LogP contribution in [0.25, 0.3) is 39.2 Å². The number of hydrogen-bond acceptors (Lipinski definition) is 3. The first-order valence-corrected chi connectivity index (χ1v) is 10.7. The fourth-order valence-corrected chi connectivity index (χ4v) is 4.17. The van der Waals surface area contributed by atoms with Gasteiger partial charge in [0.15, 0.2) is 5.65 Å². The van der Waals surface area contributed by atoms with Crippen molar-refractivity contribution in [1.82, 2.24) is 14.8 Å². The van der Waals surface area contributed by atoms with Gasteiger partial charge in [-0.25, -0.2) is 9.67 Å². The van der Waals surface area contributed by atoms with E-state index >= 15 is 0 Å². The van der Waals surface area contributed by atoms with E-state index in [2.05, 4.69) is 48.7 Å². The normalized spacial score (nSPS) is 11.1. The molecule has 4 heteroatoms. The minimum absolute atomic E-state index is 0.876. The molecule has 0 unspecified atom stereocenters. The van der Waals surface area contributed by atoms with Crippen molar-refractivity contribution in [1.29, 1.82) is 0 Å². The summed E-state index contributed by atoms with van der Waals surface area (Å²) < 4.78 is 1.96. The Labute approximate surface area is 174 Å². The molecule has 29 heavy (non-hydrogen) atoms. The van der Waals surface area contributed by atoms with Crippen LogP contribution < -0.4 is 0 Å². The minimum atomic E-state index is 0.876. The molecular formula is C25H19N3S. The van der Waals surface area contributed by atoms with Gasteiger partial charge in [0.25, 0.3) is 0 Å². The van der Waals surface area contributed by atoms with E-state index in [1.807, 2.05) is 59.3 Å². The van der Waals surface area contributed by atoms with Crippen molar-refractivity contribution in [3.05, 3.63) is 97.1 Å². The molecule has 0 saturated carbocycles. The predicted octanol–water partition coefficient (Wildman–Crippen LogP) is 6.48. The van der Waals surface area contributed by atoms with Crippen LogP contribution in [-0.2, 0) is 0 Å². The van der Waals surface area contributed by atoms with Gasteiger partial charge in [-0.15, -0.1) is 11.8 Å². The lowest BCUT2D eigenvalue weighted by atomic mass is 10.1. The van der Waals surface area contributed by atoms with Crippen molar-refractivity contribution >= 4 is 22.8 Å². The Kier molecular flexibility index (Phi) is 4.62. The van der Waals surface area contributed by atoms with Crippen LogP contribution >= 0.6 is 11.8 Å². The van der Waals surface area contributed by atoms with Crippen LogP contribution in [0.1, 0.15) is 0 Å². The molecule has 2 heterocycles. The van der Waals surface area contributed by atoms with E-state index in [1.165, 1.54) is 4.90 Å². The number of para-hydroxylation sites is 1. The molecule has 0 aliphatic heterocycles. The number of fused-ring (bicyclic) bond motifs is 1. The van der Waals surface area contributed by atoms with Crippen molar-refractivity contribution in [3.63, 3.8) is 0 Å². The SMILES string of the molecule is CSc1cc(-c2ccccc2)nc2c1c(-c1ccccc1)nn2-c1ccccc1. The molecule has 5 aromatic rings. The minimum Gasteiger partial charge on any atom is -0.228 e. The molecule has 5 rings (SSSR count). The van der Waals surface area contributed by atoms with Crippen LogP contribution in [0, 0.1) is 0 Å². The van der Waals surface area contributed by atoms with Crippen LogP contribution in [0.2, 0.25) is 0 Å². The third-order valence-corrected chi connectivity index (χ3v) is 5.70. The van der Waals surface area contributed by atoms with Gasteiger partial charge in [-0.05, 0) is 24.5 Å². The van der Waals surface area contributed by atoms with Gasteiger partial charge in [0.05, 0.1) is 16.8 Å². The molecule has 0 aliphatic rings. The highest BCUT2D eigenvalue weighted by atomic mass is 32.2. The lowest BCUT2D eigenvalue weighted by molar-refractivity contribution is 0.901. The zero-order chi connectivity index (χ0) is 19.6. The summed E-state index contributed by atoms with van der Waals surface area (Å²) in [5, 5.41) is 6.10. The zero-order valence-electron chi connectivity index (χ0n) is 16.0. The standard InChI is InChI=1S/C25H19N3S/c1-29-22-17-21(18-11-5-2-6-12-18)26-25-23(22)24(19-13-7-3-8-14-19)27-28(25)20-15-9-4-10-16-20/h2-17H,1H3. The van der Waals surface area contributed by atoms with Gasteiger partial charge in [-0.3, -0.25) is 0 Å². The van der Waals surface area contributed by atoms with Crippen LogP contribution in [0.4, 0.5) is 0 Å². The fraction of sp³-hybridized carbons (Fsp3) is 0.0400. The number of benzene rings is 3. The van der Waals surface area contributed by atoms with E-state index in [4.69, 9.17) is 10.1 Å². The van der Waals surface area contributed by atoms with Gasteiger partial charge in [-0.1, -0.05) is 78.9 Å². The third kappa shape index (κ3) is 3.22. The van der Waals surface area contributed by atoms with Gasteiger partial charge in [-0.2, -0.15) is 5.10 Å². The molecule has 0 saturated heterocycles. The smallest absolute Gasteiger partial charge is 0.165 e. The molecular weight excluding hydrogens is 374 g/mol. The van der Waals surface area contributed by atoms with Crippen LogP contribution in [-0.4, -0.2) is 21.0 Å². The van der Waals surface area contributed by atoms with E-state index < -0.39 is 0 Å². The highest BCUT2D eigenvalue weighted by molar-refractivity contribution is 7.98. The number of rotatable bonds is 4. The Morgan fingerprint density at radius 2 is 1.31 bits per heavy atom. The number of thioether (sulfide) groups is 1. The molecule has 0 fully saturated rings. The summed E-state index contributed by atoms with van der Waals surface area (Å²) >= 11 is 1.73. The van der Waals surface area contributed by atoms with Crippen LogP contribution in [0.3, 0.4) is 0 Å². The van der Waals surface area contributed by atoms with Crippen LogP contribution in [0.15, 0.2) is 102 Å². The predicted molar refractivity (Wildman–Crippen MR) is 122 cm³/mol. The van der Waals surface area contributed by atoms with E-state index in [0.29, 0.717) is 0 Å². The maximum Gasteiger partial charge on any atom is 0.165 e. The Morgan fingerprint density at radius 1 is 0.724 bits per heavy atom. The average molecular weight is 394 g/mol. The highest BCUT2D eigenvalue weighted by Gasteiger charge is 2.19. The summed E-state index contributed by atoms with van der Waals surface area (Å²) in [5.74, 6) is 0. The molecule has 0 N–H and O–H groups in total. The number of pyridine rings is 1. The van der Waals surface area contributed by atoms with E-state index in [-0.39, 0.29) is 0 Å². The molecule has 3 aromatic carbocycles. The number of aromatic nitrogens is 3. The van der Waals surface area contributed by atoms with Crippen molar-refractivity contribution < 1.29 is 0 Å². The first-order valence-electron chi connectivity index (χ1n) is 9.49. The first-order chi connectivity index (χ1) is 14.3. The third-order valence-electron chi connectivity index (χ3n) is 4.94. The van der Waals surface area contributed by atoms with Crippen molar-refractivity contribution in [2.45, 2.75) is 4.90 Å². The van der Waals surface area contributed by atoms with Crippen molar-refractivity contribution in [3.8, 4) is 28.2 Å². The Morgan fingerprint density at radius 3 is 1.93 bits per heavy atom. The fourth-order valence-electron chi connectivity index (χ4n) is 3.55. The summed E-state index contributed by atoms with van der Waals surface area (Å²) in [6, 6.07) is 33.0. The second kappa shape index (κ2) is 7.57. The molecule has 140 valence electrons. The summed E-state index contributed by atoms with van der Waals surface area (Å²) in [5.41, 5.74) is 5.99. The molecule has 0 atom stereocenters. The van der Waals surface area contributed by atoms with Gasteiger partial charge >= 0.3 is 0 Å². The van der Waals surface area contributed by atoms with Gasteiger partial charge in [0, 0.05) is 16.0 Å². The number of nitrogens with zero attached hydrogens (tertiary/aromatic N) is 3. The molecule has 0 bridgehead atoms. The Bertz CT molecular complexity index is 1260.